The van der Waals surface area contributed by atoms with Crippen molar-refractivity contribution in [2.24, 2.45) is 11.8 Å². The van der Waals surface area contributed by atoms with Gasteiger partial charge >= 0.3 is 12.0 Å². The van der Waals surface area contributed by atoms with Crippen LogP contribution < -0.4 is 16.2 Å². The minimum Gasteiger partial charge on any atom is -0.481 e. The molecule has 2 aliphatic rings. The van der Waals surface area contributed by atoms with Gasteiger partial charge in [0.2, 0.25) is 0 Å². The molecule has 7 heteroatoms. The van der Waals surface area contributed by atoms with E-state index in [1.165, 1.54) is 0 Å². The van der Waals surface area contributed by atoms with Crippen LogP contribution in [0.1, 0.15) is 38.5 Å². The average Bonchev–Trinajstić information content (AvgIpc) is 3.27. The molecule has 0 aliphatic carbocycles. The number of carboxylic acid groups (broad SMARTS) is 1. The van der Waals surface area contributed by atoms with E-state index >= 15 is 0 Å². The highest BCUT2D eigenvalue weighted by molar-refractivity contribution is 5.88. The summed E-state index contributed by atoms with van der Waals surface area (Å²) in [7, 11) is 0. The van der Waals surface area contributed by atoms with Crippen molar-refractivity contribution >= 4 is 17.7 Å². The first-order valence-corrected chi connectivity index (χ1v) is 10.0. The molecule has 1 aromatic rings. The van der Waals surface area contributed by atoms with Crippen LogP contribution >= 0.6 is 0 Å². The number of carboxylic acids is 1. The highest BCUT2D eigenvalue weighted by atomic mass is 16.5. The number of para-hydroxylation sites is 1. The molecule has 0 aromatic heterocycles. The van der Waals surface area contributed by atoms with Crippen LogP contribution in [-0.4, -0.2) is 35.9 Å². The Kier molecular flexibility index (Phi) is 7.45. The zero-order valence-electron chi connectivity index (χ0n) is 16.0. The second-order valence-electron chi connectivity index (χ2n) is 7.44. The van der Waals surface area contributed by atoms with Crippen molar-refractivity contribution in [2.75, 3.05) is 11.9 Å². The van der Waals surface area contributed by atoms with Crippen LogP contribution in [0, 0.1) is 11.8 Å². The summed E-state index contributed by atoms with van der Waals surface area (Å²) >= 11 is 0. The van der Waals surface area contributed by atoms with Crippen molar-refractivity contribution in [2.45, 2.75) is 50.7 Å². The first kappa shape index (κ1) is 20.4. The van der Waals surface area contributed by atoms with Crippen LogP contribution in [0.25, 0.3) is 0 Å². The molecule has 2 bridgehead atoms. The molecule has 2 saturated heterocycles. The van der Waals surface area contributed by atoms with Crippen molar-refractivity contribution in [3.8, 4) is 0 Å². The van der Waals surface area contributed by atoms with Gasteiger partial charge in [0, 0.05) is 24.6 Å². The third-order valence-corrected chi connectivity index (χ3v) is 5.50. The number of fused-ring (bicyclic) bond motifs is 2. The molecule has 3 rings (SSSR count). The van der Waals surface area contributed by atoms with E-state index in [0.717, 1.165) is 31.4 Å². The number of amides is 2. The van der Waals surface area contributed by atoms with Gasteiger partial charge in [-0.1, -0.05) is 30.4 Å². The first-order valence-electron chi connectivity index (χ1n) is 10.0. The van der Waals surface area contributed by atoms with E-state index in [9.17, 15) is 9.59 Å². The molecule has 2 heterocycles. The molecule has 2 aliphatic heterocycles. The maximum atomic E-state index is 12.0. The Bertz CT molecular complexity index is 679. The SMILES string of the molecule is O=C(O)CCCC=CC[C@@H]1[C@@H](CNNC(=O)Nc2ccccc2)[C@@H]2CC[C@H]1O2. The molecule has 0 radical (unpaired) electrons. The lowest BCUT2D eigenvalue weighted by atomic mass is 9.77. The molecule has 7 nitrogen and oxygen atoms in total. The van der Waals surface area contributed by atoms with Crippen molar-refractivity contribution in [3.05, 3.63) is 42.5 Å². The highest BCUT2D eigenvalue weighted by Gasteiger charge is 2.47. The predicted molar refractivity (Wildman–Crippen MR) is 107 cm³/mol. The van der Waals surface area contributed by atoms with Crippen molar-refractivity contribution < 1.29 is 19.4 Å². The number of rotatable bonds is 10. The van der Waals surface area contributed by atoms with Crippen molar-refractivity contribution in [3.63, 3.8) is 0 Å². The molecular formula is C21H29N3O4. The maximum absolute atomic E-state index is 12.0. The number of benzene rings is 1. The normalized spacial score (nSPS) is 25.9. The van der Waals surface area contributed by atoms with Gasteiger partial charge in [0.1, 0.15) is 0 Å². The van der Waals surface area contributed by atoms with E-state index in [1.807, 2.05) is 30.3 Å². The Labute approximate surface area is 165 Å². The maximum Gasteiger partial charge on any atom is 0.333 e. The van der Waals surface area contributed by atoms with E-state index in [4.69, 9.17) is 9.84 Å². The topological polar surface area (TPSA) is 99.7 Å². The monoisotopic (exact) mass is 387 g/mol. The summed E-state index contributed by atoms with van der Waals surface area (Å²) in [4.78, 5) is 22.5. The number of hydrogen-bond acceptors (Lipinski definition) is 4. The first-order chi connectivity index (χ1) is 13.6. The number of anilines is 1. The van der Waals surface area contributed by atoms with Crippen LogP contribution in [-0.2, 0) is 9.53 Å². The number of ether oxygens (including phenoxy) is 1. The van der Waals surface area contributed by atoms with E-state index in [1.54, 1.807) is 0 Å². The van der Waals surface area contributed by atoms with E-state index in [-0.39, 0.29) is 18.6 Å². The fraction of sp³-hybridized carbons (Fsp3) is 0.524. The fourth-order valence-electron chi connectivity index (χ4n) is 4.16. The largest absolute Gasteiger partial charge is 0.481 e. The molecule has 0 spiro atoms. The van der Waals surface area contributed by atoms with Crippen molar-refractivity contribution in [1.29, 1.82) is 0 Å². The summed E-state index contributed by atoms with van der Waals surface area (Å²) in [6.45, 7) is 0.668. The quantitative estimate of drug-likeness (QED) is 0.280. The third-order valence-electron chi connectivity index (χ3n) is 5.50. The molecule has 2 fully saturated rings. The number of carbonyl (C=O) groups is 2. The Morgan fingerprint density at radius 3 is 2.61 bits per heavy atom. The number of aliphatic carboxylic acids is 1. The molecular weight excluding hydrogens is 358 g/mol. The lowest BCUT2D eigenvalue weighted by Gasteiger charge is -2.27. The van der Waals surface area contributed by atoms with Crippen LogP contribution in [0.2, 0.25) is 0 Å². The lowest BCUT2D eigenvalue weighted by molar-refractivity contribution is -0.137. The molecule has 152 valence electrons. The predicted octanol–water partition coefficient (Wildman–Crippen LogP) is 3.31. The van der Waals surface area contributed by atoms with Gasteiger partial charge in [-0.3, -0.25) is 10.2 Å². The lowest BCUT2D eigenvalue weighted by Crippen LogP contribution is -2.45. The van der Waals surface area contributed by atoms with Crippen LogP contribution in [0.3, 0.4) is 0 Å². The van der Waals surface area contributed by atoms with Crippen LogP contribution in [0.4, 0.5) is 10.5 Å². The summed E-state index contributed by atoms with van der Waals surface area (Å²) in [5.74, 6) is 0.0465. The van der Waals surface area contributed by atoms with Gasteiger partial charge in [0.05, 0.1) is 12.2 Å². The molecule has 28 heavy (non-hydrogen) atoms. The number of urea groups is 1. The fourth-order valence-corrected chi connectivity index (χ4v) is 4.16. The minimum atomic E-state index is -0.746. The van der Waals surface area contributed by atoms with Gasteiger partial charge in [-0.15, -0.1) is 0 Å². The average molecular weight is 387 g/mol. The van der Waals surface area contributed by atoms with Gasteiger partial charge in [0.25, 0.3) is 0 Å². The smallest absolute Gasteiger partial charge is 0.333 e. The van der Waals surface area contributed by atoms with Crippen molar-refractivity contribution in [1.82, 2.24) is 10.9 Å². The number of hydrogen-bond donors (Lipinski definition) is 4. The van der Waals surface area contributed by atoms with E-state index in [0.29, 0.717) is 30.9 Å². The summed E-state index contributed by atoms with van der Waals surface area (Å²) in [6, 6.07) is 9.03. The molecule has 2 amide bonds. The number of allylic oxidation sites excluding steroid dienone is 2. The number of carbonyl (C=O) groups excluding carboxylic acids is 1. The standard InChI is InChI=1S/C21H29N3O4/c25-20(26)11-7-2-1-6-10-16-17(19-13-12-18(16)28-19)14-22-24-21(27)23-15-8-4-3-5-9-15/h1,3-6,8-9,16-19,22H,2,7,10-14H2,(H,25,26)(H2,23,24,27)/t16-,17-,18-,19+/m1/s1. The molecule has 0 saturated carbocycles. The molecule has 4 N–H and O–H groups in total. The Morgan fingerprint density at radius 1 is 1.11 bits per heavy atom. The summed E-state index contributed by atoms with van der Waals surface area (Å²) in [5, 5.41) is 11.4. The van der Waals surface area contributed by atoms with Gasteiger partial charge in [0.15, 0.2) is 0 Å². The third kappa shape index (κ3) is 5.81. The number of hydrazine groups is 1. The Morgan fingerprint density at radius 2 is 1.86 bits per heavy atom. The number of nitrogens with one attached hydrogen (secondary N) is 3. The van der Waals surface area contributed by atoms with Gasteiger partial charge < -0.3 is 15.2 Å². The summed E-state index contributed by atoms with van der Waals surface area (Å²) in [6.07, 6.45) is 9.54. The van der Waals surface area contributed by atoms with Gasteiger partial charge in [-0.05, 0) is 50.2 Å². The zero-order chi connectivity index (χ0) is 19.8. The minimum absolute atomic E-state index is 0.213. The molecule has 1 aromatic carbocycles. The van der Waals surface area contributed by atoms with Crippen LogP contribution in [0.15, 0.2) is 42.5 Å². The second-order valence-corrected chi connectivity index (χ2v) is 7.44. The van der Waals surface area contributed by atoms with Gasteiger partial charge in [-0.2, -0.15) is 0 Å². The van der Waals surface area contributed by atoms with E-state index in [2.05, 4.69) is 28.3 Å². The molecule has 0 unspecified atom stereocenters. The Balaban J connectivity index is 1.40. The summed E-state index contributed by atoms with van der Waals surface area (Å²) in [5.41, 5.74) is 6.50. The van der Waals surface area contributed by atoms with Crippen LogP contribution in [0.5, 0.6) is 0 Å². The van der Waals surface area contributed by atoms with E-state index < -0.39 is 5.97 Å². The highest BCUT2D eigenvalue weighted by Crippen LogP contribution is 2.44. The zero-order valence-corrected chi connectivity index (χ0v) is 16.0. The second kappa shape index (κ2) is 10.2. The number of unbranched alkanes of at least 4 members (excludes halogenated alkanes) is 1. The summed E-state index contributed by atoms with van der Waals surface area (Å²) < 4.78 is 6.08. The van der Waals surface area contributed by atoms with Gasteiger partial charge in [-0.25, -0.2) is 10.2 Å². The molecule has 4 atom stereocenters. The Hall–Kier alpha value is -2.38.